The molecule has 0 fully saturated rings. The SMILES string of the molecule is O=C(Cc1cccs1)Nc1ccsc1-c1nc(C(=O)O)c(O)c(=O)[nH]1. The molecule has 0 atom stereocenters. The Hall–Kier alpha value is -2.98. The molecule has 0 aliphatic rings. The standard InChI is InChI=1S/C15H11N3O5S2/c19-9(6-7-2-1-4-24-7)16-8-3-5-25-12(8)13-17-10(15(22)23)11(20)14(21)18-13/h1-5,20H,6H2,(H,16,19)(H,22,23)(H,17,18,21). The molecular weight excluding hydrogens is 366 g/mol. The first-order chi connectivity index (χ1) is 12.0. The van der Waals surface area contributed by atoms with Gasteiger partial charge in [0.1, 0.15) is 0 Å². The second-order valence-electron chi connectivity index (χ2n) is 4.88. The fourth-order valence-corrected chi connectivity index (χ4v) is 3.58. The molecule has 0 unspecified atom stereocenters. The minimum atomic E-state index is -1.52. The highest BCUT2D eigenvalue weighted by Gasteiger charge is 2.20. The minimum Gasteiger partial charge on any atom is -0.501 e. The summed E-state index contributed by atoms with van der Waals surface area (Å²) >= 11 is 2.63. The maximum absolute atomic E-state index is 12.1. The molecule has 10 heteroatoms. The molecule has 8 nitrogen and oxygen atoms in total. The van der Waals surface area contributed by atoms with Gasteiger partial charge in [0.2, 0.25) is 11.7 Å². The van der Waals surface area contributed by atoms with Crippen molar-refractivity contribution in [2.45, 2.75) is 6.42 Å². The van der Waals surface area contributed by atoms with Crippen molar-refractivity contribution in [1.29, 1.82) is 0 Å². The van der Waals surface area contributed by atoms with Gasteiger partial charge in [-0.25, -0.2) is 9.78 Å². The van der Waals surface area contributed by atoms with E-state index in [1.54, 1.807) is 11.4 Å². The molecule has 0 radical (unpaired) electrons. The molecule has 3 heterocycles. The first-order valence-corrected chi connectivity index (χ1v) is 8.68. The molecule has 128 valence electrons. The lowest BCUT2D eigenvalue weighted by Gasteiger charge is -2.07. The average molecular weight is 377 g/mol. The summed E-state index contributed by atoms with van der Waals surface area (Å²) in [6.45, 7) is 0. The van der Waals surface area contributed by atoms with Crippen molar-refractivity contribution in [1.82, 2.24) is 9.97 Å². The number of hydrogen-bond acceptors (Lipinski definition) is 7. The van der Waals surface area contributed by atoms with E-state index >= 15 is 0 Å². The average Bonchev–Trinajstić information content (AvgIpc) is 3.21. The number of nitrogens with one attached hydrogen (secondary N) is 2. The lowest BCUT2D eigenvalue weighted by Crippen LogP contribution is -2.16. The number of aromatic amines is 1. The van der Waals surface area contributed by atoms with Crippen LogP contribution in [0.5, 0.6) is 5.75 Å². The van der Waals surface area contributed by atoms with Gasteiger partial charge < -0.3 is 20.5 Å². The zero-order valence-electron chi connectivity index (χ0n) is 12.5. The van der Waals surface area contributed by atoms with Crippen LogP contribution in [0.2, 0.25) is 0 Å². The molecule has 1 amide bonds. The van der Waals surface area contributed by atoms with Crippen molar-refractivity contribution < 1.29 is 19.8 Å². The van der Waals surface area contributed by atoms with Crippen LogP contribution in [0.3, 0.4) is 0 Å². The minimum absolute atomic E-state index is 0.0402. The van der Waals surface area contributed by atoms with Crippen LogP contribution in [0.4, 0.5) is 5.69 Å². The Balaban J connectivity index is 1.90. The van der Waals surface area contributed by atoms with E-state index < -0.39 is 23.0 Å². The molecule has 0 bridgehead atoms. The summed E-state index contributed by atoms with van der Waals surface area (Å²) in [5, 5.41) is 24.8. The van der Waals surface area contributed by atoms with Gasteiger partial charge in [-0.3, -0.25) is 9.59 Å². The maximum Gasteiger partial charge on any atom is 0.358 e. The lowest BCUT2D eigenvalue weighted by atomic mass is 10.3. The Morgan fingerprint density at radius 3 is 2.72 bits per heavy atom. The Kier molecular flexibility index (Phi) is 4.63. The van der Waals surface area contributed by atoms with Gasteiger partial charge in [-0.2, -0.15) is 0 Å². The maximum atomic E-state index is 12.1. The number of anilines is 1. The Labute approximate surface area is 148 Å². The first-order valence-electron chi connectivity index (χ1n) is 6.92. The number of amides is 1. The van der Waals surface area contributed by atoms with E-state index in [-0.39, 0.29) is 18.2 Å². The molecule has 3 aromatic rings. The number of aromatic nitrogens is 2. The molecular formula is C15H11N3O5S2. The number of thiophene rings is 2. The van der Waals surface area contributed by atoms with Gasteiger partial charge in [0.25, 0.3) is 5.56 Å². The van der Waals surface area contributed by atoms with Gasteiger partial charge in [0, 0.05) is 4.88 Å². The van der Waals surface area contributed by atoms with Crippen LogP contribution in [0, 0.1) is 0 Å². The molecule has 0 aliphatic carbocycles. The van der Waals surface area contributed by atoms with E-state index in [1.807, 2.05) is 17.5 Å². The molecule has 0 aliphatic heterocycles. The topological polar surface area (TPSA) is 132 Å². The van der Waals surface area contributed by atoms with Crippen LogP contribution in [-0.2, 0) is 11.2 Å². The summed E-state index contributed by atoms with van der Waals surface area (Å²) < 4.78 is 0. The molecule has 3 rings (SSSR count). The van der Waals surface area contributed by atoms with E-state index in [0.29, 0.717) is 10.6 Å². The summed E-state index contributed by atoms with van der Waals surface area (Å²) in [4.78, 5) is 42.3. The number of aromatic hydroxyl groups is 1. The third-order valence-electron chi connectivity index (χ3n) is 3.17. The normalized spacial score (nSPS) is 10.6. The second kappa shape index (κ2) is 6.87. The van der Waals surface area contributed by atoms with Crippen molar-refractivity contribution in [3.05, 3.63) is 49.9 Å². The fraction of sp³-hybridized carbons (Fsp3) is 0.0667. The molecule has 0 saturated heterocycles. The molecule has 0 spiro atoms. The number of rotatable bonds is 5. The summed E-state index contributed by atoms with van der Waals surface area (Å²) in [5.74, 6) is -2.77. The Bertz CT molecular complexity index is 991. The van der Waals surface area contributed by atoms with Gasteiger partial charge in [0.05, 0.1) is 17.0 Å². The highest BCUT2D eigenvalue weighted by Crippen LogP contribution is 2.31. The largest absolute Gasteiger partial charge is 0.501 e. The zero-order chi connectivity index (χ0) is 18.0. The van der Waals surface area contributed by atoms with Crippen LogP contribution >= 0.6 is 22.7 Å². The van der Waals surface area contributed by atoms with Gasteiger partial charge in [-0.1, -0.05) is 6.07 Å². The third-order valence-corrected chi connectivity index (χ3v) is 4.96. The quantitative estimate of drug-likeness (QED) is 0.538. The number of carboxylic acids is 1. The Morgan fingerprint density at radius 1 is 1.24 bits per heavy atom. The van der Waals surface area contributed by atoms with E-state index in [9.17, 15) is 19.5 Å². The molecule has 0 aromatic carbocycles. The molecule has 3 aromatic heterocycles. The highest BCUT2D eigenvalue weighted by molar-refractivity contribution is 7.14. The number of aromatic carboxylic acids is 1. The molecule has 25 heavy (non-hydrogen) atoms. The summed E-state index contributed by atoms with van der Waals surface area (Å²) in [5.41, 5.74) is -1.31. The predicted molar refractivity (Wildman–Crippen MR) is 93.4 cm³/mol. The van der Waals surface area contributed by atoms with Crippen molar-refractivity contribution in [3.8, 4) is 16.5 Å². The number of carbonyl (C=O) groups is 2. The molecule has 0 saturated carbocycles. The monoisotopic (exact) mass is 377 g/mol. The predicted octanol–water partition coefficient (Wildman–Crippen LogP) is 2.14. The number of carbonyl (C=O) groups excluding carboxylic acids is 1. The van der Waals surface area contributed by atoms with Gasteiger partial charge >= 0.3 is 5.97 Å². The van der Waals surface area contributed by atoms with Gasteiger partial charge in [0.15, 0.2) is 11.5 Å². The van der Waals surface area contributed by atoms with E-state index in [1.165, 1.54) is 22.7 Å². The van der Waals surface area contributed by atoms with Crippen molar-refractivity contribution in [2.75, 3.05) is 5.32 Å². The van der Waals surface area contributed by atoms with Crippen molar-refractivity contribution in [2.24, 2.45) is 0 Å². The summed E-state index contributed by atoms with van der Waals surface area (Å²) in [6.07, 6.45) is 0.201. The van der Waals surface area contributed by atoms with Crippen LogP contribution in [-0.4, -0.2) is 32.1 Å². The first kappa shape index (κ1) is 16.9. The van der Waals surface area contributed by atoms with E-state index in [4.69, 9.17) is 5.11 Å². The number of carboxylic acid groups (broad SMARTS) is 1. The van der Waals surface area contributed by atoms with E-state index in [0.717, 1.165) is 4.88 Å². The lowest BCUT2D eigenvalue weighted by molar-refractivity contribution is -0.115. The van der Waals surface area contributed by atoms with Crippen LogP contribution in [0.15, 0.2) is 33.8 Å². The Morgan fingerprint density at radius 2 is 2.04 bits per heavy atom. The highest BCUT2D eigenvalue weighted by atomic mass is 32.1. The number of hydrogen-bond donors (Lipinski definition) is 4. The summed E-state index contributed by atoms with van der Waals surface area (Å²) in [7, 11) is 0. The van der Waals surface area contributed by atoms with Crippen molar-refractivity contribution >= 4 is 40.2 Å². The van der Waals surface area contributed by atoms with Gasteiger partial charge in [-0.05, 0) is 22.9 Å². The van der Waals surface area contributed by atoms with Gasteiger partial charge in [-0.15, -0.1) is 22.7 Å². The van der Waals surface area contributed by atoms with Crippen LogP contribution < -0.4 is 10.9 Å². The number of H-pyrrole nitrogens is 1. The fourth-order valence-electron chi connectivity index (χ4n) is 2.08. The van der Waals surface area contributed by atoms with Crippen LogP contribution in [0.25, 0.3) is 10.7 Å². The second-order valence-corrected chi connectivity index (χ2v) is 6.83. The summed E-state index contributed by atoms with van der Waals surface area (Å²) in [6, 6.07) is 5.32. The molecule has 4 N–H and O–H groups in total. The third kappa shape index (κ3) is 3.59. The van der Waals surface area contributed by atoms with Crippen molar-refractivity contribution in [3.63, 3.8) is 0 Å². The number of nitrogens with zero attached hydrogens (tertiary/aromatic N) is 1. The van der Waals surface area contributed by atoms with Crippen LogP contribution in [0.1, 0.15) is 15.4 Å². The smallest absolute Gasteiger partial charge is 0.358 e. The van der Waals surface area contributed by atoms with E-state index in [2.05, 4.69) is 15.3 Å². The zero-order valence-corrected chi connectivity index (χ0v) is 14.1.